The third-order valence-corrected chi connectivity index (χ3v) is 7.29. The van der Waals surface area contributed by atoms with Gasteiger partial charge in [-0.05, 0) is 68.1 Å². The van der Waals surface area contributed by atoms with Crippen LogP contribution in [0.5, 0.6) is 11.5 Å². The number of carbonyl (C=O) groups excluding carboxylic acids is 1. The topological polar surface area (TPSA) is 130 Å². The number of nitrogen functional groups attached to an aromatic ring is 1. The Bertz CT molecular complexity index is 1820. The van der Waals surface area contributed by atoms with E-state index in [0.29, 0.717) is 58.9 Å². The van der Waals surface area contributed by atoms with Crippen LogP contribution in [0.15, 0.2) is 102 Å². The van der Waals surface area contributed by atoms with E-state index < -0.39 is 0 Å². The molecule has 6 rings (SSSR count). The minimum absolute atomic E-state index is 0.161. The van der Waals surface area contributed by atoms with Crippen LogP contribution in [0.4, 0.5) is 11.5 Å². The number of likely N-dealkylation sites (N-methyl/N-ethyl adjacent to an activating group) is 1. The monoisotopic (exact) mass is 577 g/mol. The molecule has 5 aromatic rings. The number of rotatable bonds is 9. The number of aromatic nitrogens is 4. The molecule has 0 bridgehead atoms. The minimum atomic E-state index is -0.388. The van der Waals surface area contributed by atoms with Crippen molar-refractivity contribution in [3.63, 3.8) is 0 Å². The number of fused-ring (bicyclic) bond motifs is 1. The second kappa shape index (κ2) is 12.3. The number of amides is 1. The average molecular weight is 578 g/mol. The molecule has 3 aromatic carbocycles. The van der Waals surface area contributed by atoms with Crippen LogP contribution in [0.3, 0.4) is 0 Å². The lowest BCUT2D eigenvalue weighted by Gasteiger charge is -2.20. The van der Waals surface area contributed by atoms with Crippen molar-refractivity contribution in [1.29, 1.82) is 0 Å². The third-order valence-electron chi connectivity index (χ3n) is 7.29. The van der Waals surface area contributed by atoms with Crippen LogP contribution in [0.2, 0.25) is 0 Å². The zero-order valence-electron chi connectivity index (χ0n) is 23.6. The van der Waals surface area contributed by atoms with Gasteiger partial charge in [-0.1, -0.05) is 30.3 Å². The van der Waals surface area contributed by atoms with Crippen molar-refractivity contribution in [3.05, 3.63) is 108 Å². The number of nitrogens with one attached hydrogen (secondary N) is 1. The molecule has 218 valence electrons. The highest BCUT2D eigenvalue weighted by atomic mass is 16.5. The largest absolute Gasteiger partial charge is 0.457 e. The molecule has 2 aromatic heterocycles. The van der Waals surface area contributed by atoms with E-state index in [1.807, 2.05) is 43.5 Å². The highest BCUT2D eigenvalue weighted by Gasteiger charge is 2.21. The predicted octanol–water partition coefficient (Wildman–Crippen LogP) is 4.16. The van der Waals surface area contributed by atoms with Gasteiger partial charge in [-0.25, -0.2) is 19.3 Å². The maximum absolute atomic E-state index is 13.9. The Balaban J connectivity index is 1.26. The number of para-hydroxylation sites is 1. The molecule has 0 unspecified atom stereocenters. The fourth-order valence-electron chi connectivity index (χ4n) is 5.06. The zero-order chi connectivity index (χ0) is 29.8. The van der Waals surface area contributed by atoms with Gasteiger partial charge in [0, 0.05) is 31.0 Å². The number of anilines is 2. The van der Waals surface area contributed by atoms with Crippen molar-refractivity contribution in [2.45, 2.75) is 12.5 Å². The van der Waals surface area contributed by atoms with Crippen LogP contribution >= 0.6 is 0 Å². The van der Waals surface area contributed by atoms with E-state index in [0.717, 1.165) is 13.0 Å². The lowest BCUT2D eigenvalue weighted by atomic mass is 10.2. The fourth-order valence-corrected chi connectivity index (χ4v) is 5.06. The van der Waals surface area contributed by atoms with Gasteiger partial charge in [0.1, 0.15) is 23.3 Å². The number of hydrogen-bond donors (Lipinski definition) is 2. The van der Waals surface area contributed by atoms with E-state index in [1.165, 1.54) is 21.5 Å². The van der Waals surface area contributed by atoms with Crippen LogP contribution < -0.4 is 21.5 Å². The van der Waals surface area contributed by atoms with Gasteiger partial charge in [-0.3, -0.25) is 14.3 Å². The quantitative estimate of drug-likeness (QED) is 0.250. The first-order chi connectivity index (χ1) is 21.0. The van der Waals surface area contributed by atoms with Crippen LogP contribution in [0, 0.1) is 0 Å². The van der Waals surface area contributed by atoms with E-state index in [4.69, 9.17) is 15.2 Å². The summed E-state index contributed by atoms with van der Waals surface area (Å²) >= 11 is 0. The SMILES string of the molecule is CN(C/C=C/C(=O)Nc1cccc(-n2c(=O)n(-c3ccc(Oc4ccccc4)cc3)c3c(N)ncnc32)c1)[C@H]1CCOC1. The Hall–Kier alpha value is -5.26. The standard InChI is InChI=1S/C32H31N7O4/c1-37(25-16-18-42-20-25)17-6-11-28(40)36-22-7-5-8-24(19-22)39-31-29(30(33)34-21-35-31)38(32(39)41)23-12-14-27(15-13-23)43-26-9-3-2-4-10-26/h2-15,19,21,25H,16-18,20H2,1H3,(H,36,40)(H2,33,34,35)/b11-6+/t25-/m0/s1. The number of ether oxygens (including phenoxy) is 2. The number of carbonyl (C=O) groups is 1. The Morgan fingerprint density at radius 1 is 1.05 bits per heavy atom. The van der Waals surface area contributed by atoms with E-state index in [1.54, 1.807) is 48.5 Å². The molecule has 0 radical (unpaired) electrons. The Morgan fingerprint density at radius 2 is 1.84 bits per heavy atom. The smallest absolute Gasteiger partial charge is 0.339 e. The van der Waals surface area contributed by atoms with E-state index >= 15 is 0 Å². The molecule has 0 spiro atoms. The molecule has 1 fully saturated rings. The van der Waals surface area contributed by atoms with Crippen molar-refractivity contribution in [2.24, 2.45) is 0 Å². The van der Waals surface area contributed by atoms with Crippen LogP contribution in [0.25, 0.3) is 22.5 Å². The number of nitrogens with two attached hydrogens (primary N) is 1. The molecule has 1 aliphatic heterocycles. The van der Waals surface area contributed by atoms with Gasteiger partial charge >= 0.3 is 5.69 Å². The van der Waals surface area contributed by atoms with Crippen LogP contribution in [-0.2, 0) is 9.53 Å². The number of nitrogens with zero attached hydrogens (tertiary/aromatic N) is 5. The molecule has 1 amide bonds. The van der Waals surface area contributed by atoms with E-state index in [-0.39, 0.29) is 17.4 Å². The van der Waals surface area contributed by atoms with E-state index in [9.17, 15) is 9.59 Å². The van der Waals surface area contributed by atoms with Crippen molar-refractivity contribution in [2.75, 3.05) is 37.9 Å². The van der Waals surface area contributed by atoms with Crippen molar-refractivity contribution in [1.82, 2.24) is 24.0 Å². The second-order valence-corrected chi connectivity index (χ2v) is 10.2. The van der Waals surface area contributed by atoms with Gasteiger partial charge in [0.2, 0.25) is 5.91 Å². The predicted molar refractivity (Wildman–Crippen MR) is 165 cm³/mol. The number of benzene rings is 3. The molecule has 11 heteroatoms. The van der Waals surface area contributed by atoms with Gasteiger partial charge in [0.05, 0.1) is 18.0 Å². The maximum atomic E-state index is 13.9. The molecular formula is C32H31N7O4. The Labute approximate surface area is 247 Å². The van der Waals surface area contributed by atoms with Gasteiger partial charge in [-0.15, -0.1) is 0 Å². The summed E-state index contributed by atoms with van der Waals surface area (Å²) in [7, 11) is 2.02. The zero-order valence-corrected chi connectivity index (χ0v) is 23.6. The molecule has 1 aliphatic rings. The van der Waals surface area contributed by atoms with Crippen molar-refractivity contribution < 1.29 is 14.3 Å². The minimum Gasteiger partial charge on any atom is -0.457 e. The summed E-state index contributed by atoms with van der Waals surface area (Å²) in [5, 5.41) is 2.88. The molecule has 1 saturated heterocycles. The molecule has 3 N–H and O–H groups in total. The Kier molecular flexibility index (Phi) is 7.98. The fraction of sp³-hybridized carbons (Fsp3) is 0.188. The highest BCUT2D eigenvalue weighted by molar-refractivity contribution is 5.99. The van der Waals surface area contributed by atoms with Crippen LogP contribution in [0.1, 0.15) is 6.42 Å². The maximum Gasteiger partial charge on any atom is 0.339 e. The third kappa shape index (κ3) is 6.03. The van der Waals surface area contributed by atoms with Crippen molar-refractivity contribution in [3.8, 4) is 22.9 Å². The average Bonchev–Trinajstić information content (AvgIpc) is 3.65. The highest BCUT2D eigenvalue weighted by Crippen LogP contribution is 2.26. The summed E-state index contributed by atoms with van der Waals surface area (Å²) in [6.45, 7) is 2.12. The molecule has 11 nitrogen and oxygen atoms in total. The molecular weight excluding hydrogens is 546 g/mol. The lowest BCUT2D eigenvalue weighted by Crippen LogP contribution is -2.32. The summed E-state index contributed by atoms with van der Waals surface area (Å²) in [4.78, 5) is 37.3. The van der Waals surface area contributed by atoms with Gasteiger partial charge < -0.3 is 20.5 Å². The first-order valence-corrected chi connectivity index (χ1v) is 13.9. The van der Waals surface area contributed by atoms with Gasteiger partial charge in [0.15, 0.2) is 11.5 Å². The summed E-state index contributed by atoms with van der Waals surface area (Å²) in [5.41, 5.74) is 8.20. The summed E-state index contributed by atoms with van der Waals surface area (Å²) in [6, 6.07) is 23.9. The van der Waals surface area contributed by atoms with Gasteiger partial charge in [0.25, 0.3) is 0 Å². The van der Waals surface area contributed by atoms with Gasteiger partial charge in [-0.2, -0.15) is 0 Å². The lowest BCUT2D eigenvalue weighted by molar-refractivity contribution is -0.111. The van der Waals surface area contributed by atoms with Crippen LogP contribution in [-0.4, -0.2) is 62.8 Å². The molecule has 0 saturated carbocycles. The number of hydrogen-bond acceptors (Lipinski definition) is 8. The number of imidazole rings is 1. The van der Waals surface area contributed by atoms with E-state index in [2.05, 4.69) is 20.2 Å². The summed E-state index contributed by atoms with van der Waals surface area (Å²) in [6.07, 6.45) is 5.64. The summed E-state index contributed by atoms with van der Waals surface area (Å²) in [5.74, 6) is 1.21. The molecule has 0 aliphatic carbocycles. The first-order valence-electron chi connectivity index (χ1n) is 13.9. The summed E-state index contributed by atoms with van der Waals surface area (Å²) < 4.78 is 14.3. The molecule has 1 atom stereocenters. The molecule has 3 heterocycles. The second-order valence-electron chi connectivity index (χ2n) is 10.2. The normalized spacial score (nSPS) is 15.0. The van der Waals surface area contributed by atoms with Crippen molar-refractivity contribution >= 4 is 28.6 Å². The molecule has 43 heavy (non-hydrogen) atoms. The Morgan fingerprint density at radius 3 is 2.60 bits per heavy atom. The first kappa shape index (κ1) is 27.9.